The van der Waals surface area contributed by atoms with Crippen molar-refractivity contribution in [2.75, 3.05) is 0 Å². The normalized spacial score (nSPS) is 12.4. The van der Waals surface area contributed by atoms with Gasteiger partial charge in [0.05, 0.1) is 6.42 Å². The number of rotatable bonds is 7. The standard InChI is InChI=1S/C24H30Cl2N2O2/c1-6-21(23(30)27-24(3,4)5)28(15-18-10-8-7-9-16(18)2)22(29)13-17-11-12-19(25)14-20(17)26/h7-12,14,21H,6,13,15H2,1-5H3,(H,27,30)/t21-/m0/s1. The van der Waals surface area contributed by atoms with Crippen molar-refractivity contribution in [2.45, 2.75) is 65.6 Å². The average molecular weight is 449 g/mol. The van der Waals surface area contributed by atoms with Crippen molar-refractivity contribution < 1.29 is 9.59 Å². The maximum absolute atomic E-state index is 13.4. The Bertz CT molecular complexity index is 906. The van der Waals surface area contributed by atoms with Crippen LogP contribution in [0.5, 0.6) is 0 Å². The largest absolute Gasteiger partial charge is 0.350 e. The van der Waals surface area contributed by atoms with Crippen LogP contribution in [0.3, 0.4) is 0 Å². The van der Waals surface area contributed by atoms with E-state index in [1.165, 1.54) is 0 Å². The van der Waals surface area contributed by atoms with Crippen LogP contribution >= 0.6 is 23.2 Å². The molecule has 0 aliphatic heterocycles. The SMILES string of the molecule is CC[C@@H](C(=O)NC(C)(C)C)N(Cc1ccccc1C)C(=O)Cc1ccc(Cl)cc1Cl. The van der Waals surface area contributed by atoms with Gasteiger partial charge in [0.15, 0.2) is 0 Å². The summed E-state index contributed by atoms with van der Waals surface area (Å²) in [5.74, 6) is -0.312. The van der Waals surface area contributed by atoms with Gasteiger partial charge in [-0.1, -0.05) is 60.5 Å². The first-order valence-corrected chi connectivity index (χ1v) is 10.9. The molecule has 0 radical (unpaired) electrons. The highest BCUT2D eigenvalue weighted by Crippen LogP contribution is 2.23. The number of aryl methyl sites for hydroxylation is 1. The van der Waals surface area contributed by atoms with E-state index in [-0.39, 0.29) is 23.8 Å². The summed E-state index contributed by atoms with van der Waals surface area (Å²) in [4.78, 5) is 28.1. The summed E-state index contributed by atoms with van der Waals surface area (Å²) in [5, 5.41) is 3.97. The second-order valence-electron chi connectivity index (χ2n) is 8.52. The Labute approximate surface area is 189 Å². The van der Waals surface area contributed by atoms with Gasteiger partial charge < -0.3 is 10.2 Å². The van der Waals surface area contributed by atoms with E-state index >= 15 is 0 Å². The van der Waals surface area contributed by atoms with E-state index in [9.17, 15) is 9.59 Å². The van der Waals surface area contributed by atoms with Crippen LogP contribution in [0.15, 0.2) is 42.5 Å². The van der Waals surface area contributed by atoms with Crippen molar-refractivity contribution in [1.82, 2.24) is 10.2 Å². The number of carbonyl (C=O) groups is 2. The summed E-state index contributed by atoms with van der Waals surface area (Å²) in [7, 11) is 0. The lowest BCUT2D eigenvalue weighted by molar-refractivity contribution is -0.141. The number of hydrogen-bond donors (Lipinski definition) is 1. The van der Waals surface area contributed by atoms with Gasteiger partial charge >= 0.3 is 0 Å². The van der Waals surface area contributed by atoms with E-state index in [1.54, 1.807) is 23.1 Å². The molecule has 0 aromatic heterocycles. The van der Waals surface area contributed by atoms with Crippen LogP contribution in [-0.2, 0) is 22.6 Å². The van der Waals surface area contributed by atoms with Gasteiger partial charge in [-0.2, -0.15) is 0 Å². The molecule has 1 atom stereocenters. The molecule has 2 amide bonds. The minimum absolute atomic E-state index is 0.0984. The first kappa shape index (κ1) is 24.2. The maximum atomic E-state index is 13.4. The second-order valence-corrected chi connectivity index (χ2v) is 9.37. The van der Waals surface area contributed by atoms with E-state index < -0.39 is 6.04 Å². The number of nitrogens with one attached hydrogen (secondary N) is 1. The Morgan fingerprint density at radius 1 is 1.07 bits per heavy atom. The smallest absolute Gasteiger partial charge is 0.243 e. The third-order valence-corrected chi connectivity index (χ3v) is 5.43. The highest BCUT2D eigenvalue weighted by Gasteiger charge is 2.31. The molecule has 0 saturated heterocycles. The first-order valence-electron chi connectivity index (χ1n) is 10.1. The molecule has 0 fully saturated rings. The van der Waals surface area contributed by atoms with Gasteiger partial charge in [-0.3, -0.25) is 9.59 Å². The van der Waals surface area contributed by atoms with Crippen LogP contribution in [0.2, 0.25) is 10.0 Å². The van der Waals surface area contributed by atoms with Gasteiger partial charge in [0.2, 0.25) is 11.8 Å². The molecule has 0 spiro atoms. The molecule has 0 aliphatic rings. The fraction of sp³-hybridized carbons (Fsp3) is 0.417. The molecule has 2 aromatic carbocycles. The molecule has 0 bridgehead atoms. The predicted octanol–water partition coefficient (Wildman–Crippen LogP) is 5.57. The molecule has 30 heavy (non-hydrogen) atoms. The lowest BCUT2D eigenvalue weighted by Gasteiger charge is -2.33. The number of amides is 2. The Morgan fingerprint density at radius 2 is 1.73 bits per heavy atom. The summed E-state index contributed by atoms with van der Waals surface area (Å²) in [6.07, 6.45) is 0.606. The highest BCUT2D eigenvalue weighted by molar-refractivity contribution is 6.35. The Morgan fingerprint density at radius 3 is 2.30 bits per heavy atom. The van der Waals surface area contributed by atoms with Crippen LogP contribution in [0.4, 0.5) is 0 Å². The number of benzene rings is 2. The van der Waals surface area contributed by atoms with Gasteiger partial charge in [0, 0.05) is 22.1 Å². The predicted molar refractivity (Wildman–Crippen MR) is 124 cm³/mol. The molecule has 0 heterocycles. The minimum Gasteiger partial charge on any atom is -0.350 e. The fourth-order valence-corrected chi connectivity index (χ4v) is 3.75. The van der Waals surface area contributed by atoms with Gasteiger partial charge in [0.25, 0.3) is 0 Å². The monoisotopic (exact) mass is 448 g/mol. The van der Waals surface area contributed by atoms with E-state index in [2.05, 4.69) is 5.32 Å². The summed E-state index contributed by atoms with van der Waals surface area (Å²) in [5.41, 5.74) is 2.38. The third kappa shape index (κ3) is 6.75. The molecule has 1 N–H and O–H groups in total. The van der Waals surface area contributed by atoms with E-state index in [4.69, 9.17) is 23.2 Å². The minimum atomic E-state index is -0.581. The lowest BCUT2D eigenvalue weighted by Crippen LogP contribution is -2.53. The molecule has 2 aromatic rings. The van der Waals surface area contributed by atoms with Crippen molar-refractivity contribution in [3.05, 3.63) is 69.2 Å². The van der Waals surface area contributed by atoms with Crippen LogP contribution in [0, 0.1) is 6.92 Å². The summed E-state index contributed by atoms with van der Waals surface area (Å²) >= 11 is 12.3. The average Bonchev–Trinajstić information content (AvgIpc) is 2.63. The summed E-state index contributed by atoms with van der Waals surface area (Å²) < 4.78 is 0. The number of halogens is 2. The molecule has 0 unspecified atom stereocenters. The van der Waals surface area contributed by atoms with Crippen molar-refractivity contribution in [3.8, 4) is 0 Å². The van der Waals surface area contributed by atoms with Gasteiger partial charge in [-0.15, -0.1) is 0 Å². The highest BCUT2D eigenvalue weighted by atomic mass is 35.5. The van der Waals surface area contributed by atoms with E-state index in [1.807, 2.05) is 58.9 Å². The number of nitrogens with zero attached hydrogens (tertiary/aromatic N) is 1. The van der Waals surface area contributed by atoms with Crippen LogP contribution in [0.1, 0.15) is 50.8 Å². The van der Waals surface area contributed by atoms with E-state index in [0.717, 1.165) is 11.1 Å². The first-order chi connectivity index (χ1) is 14.0. The second kappa shape index (κ2) is 10.3. The van der Waals surface area contributed by atoms with Crippen molar-refractivity contribution >= 4 is 35.0 Å². The molecular formula is C24H30Cl2N2O2. The number of hydrogen-bond acceptors (Lipinski definition) is 2. The molecule has 0 saturated carbocycles. The zero-order valence-electron chi connectivity index (χ0n) is 18.3. The molecule has 6 heteroatoms. The molecule has 0 aliphatic carbocycles. The number of carbonyl (C=O) groups excluding carboxylic acids is 2. The third-order valence-electron chi connectivity index (χ3n) is 4.84. The molecule has 2 rings (SSSR count). The van der Waals surface area contributed by atoms with E-state index in [0.29, 0.717) is 28.6 Å². The molecule has 4 nitrogen and oxygen atoms in total. The van der Waals surface area contributed by atoms with Gasteiger partial charge in [-0.05, 0) is 62.9 Å². The van der Waals surface area contributed by atoms with Crippen molar-refractivity contribution in [2.24, 2.45) is 0 Å². The molecular weight excluding hydrogens is 419 g/mol. The Hall–Kier alpha value is -2.04. The van der Waals surface area contributed by atoms with Gasteiger partial charge in [0.1, 0.15) is 6.04 Å². The summed E-state index contributed by atoms with van der Waals surface area (Å²) in [6.45, 7) is 10.1. The lowest BCUT2D eigenvalue weighted by atomic mass is 10.0. The van der Waals surface area contributed by atoms with Crippen molar-refractivity contribution in [3.63, 3.8) is 0 Å². The summed E-state index contributed by atoms with van der Waals surface area (Å²) in [6, 6.07) is 12.4. The van der Waals surface area contributed by atoms with Gasteiger partial charge in [-0.25, -0.2) is 0 Å². The van der Waals surface area contributed by atoms with Crippen LogP contribution in [-0.4, -0.2) is 28.3 Å². The zero-order chi connectivity index (χ0) is 22.5. The zero-order valence-corrected chi connectivity index (χ0v) is 19.8. The fourth-order valence-electron chi connectivity index (χ4n) is 3.27. The van der Waals surface area contributed by atoms with Crippen LogP contribution < -0.4 is 5.32 Å². The maximum Gasteiger partial charge on any atom is 0.243 e. The Balaban J connectivity index is 2.37. The Kier molecular flexibility index (Phi) is 8.34. The molecule has 162 valence electrons. The topological polar surface area (TPSA) is 49.4 Å². The quantitative estimate of drug-likeness (QED) is 0.601. The van der Waals surface area contributed by atoms with Crippen LogP contribution in [0.25, 0.3) is 0 Å². The van der Waals surface area contributed by atoms with Crippen molar-refractivity contribution in [1.29, 1.82) is 0 Å².